The Morgan fingerprint density at radius 1 is 1.26 bits per heavy atom. The van der Waals surface area contributed by atoms with Gasteiger partial charge in [-0.2, -0.15) is 0 Å². The van der Waals surface area contributed by atoms with Crippen molar-refractivity contribution in [3.63, 3.8) is 0 Å². The molecule has 4 N–H and O–H groups in total. The third kappa shape index (κ3) is 4.03. The molecular formula is C16H28N4O3. The summed E-state index contributed by atoms with van der Waals surface area (Å²) in [5, 5.41) is 17.7. The van der Waals surface area contributed by atoms with Crippen molar-refractivity contribution < 1.29 is 5.11 Å². The van der Waals surface area contributed by atoms with Crippen LogP contribution < -0.4 is 17.0 Å². The average Bonchev–Trinajstić information content (AvgIpc) is 2.46. The third-order valence-corrected chi connectivity index (χ3v) is 3.98. The Kier molecular flexibility index (Phi) is 6.60. The third-order valence-electron chi connectivity index (χ3n) is 3.98. The van der Waals surface area contributed by atoms with Gasteiger partial charge in [-0.25, -0.2) is 4.79 Å². The minimum absolute atomic E-state index is 0.265. The van der Waals surface area contributed by atoms with Crippen molar-refractivity contribution in [1.82, 2.24) is 9.13 Å². The molecule has 0 aliphatic heterocycles. The number of nitrogens with zero attached hydrogens (tertiary/aromatic N) is 2. The number of hydrogen-bond acceptors (Lipinski definition) is 4. The van der Waals surface area contributed by atoms with Crippen molar-refractivity contribution >= 4 is 5.84 Å². The Morgan fingerprint density at radius 3 is 2.30 bits per heavy atom. The maximum Gasteiger partial charge on any atom is 0.334 e. The first-order valence-corrected chi connectivity index (χ1v) is 8.18. The Balaban J connectivity index is 3.60. The molecule has 23 heavy (non-hydrogen) atoms. The van der Waals surface area contributed by atoms with Gasteiger partial charge >= 0.3 is 5.69 Å². The highest BCUT2D eigenvalue weighted by Gasteiger charge is 2.24. The minimum Gasteiger partial charge on any atom is -0.494 e. The minimum atomic E-state index is -0.678. The summed E-state index contributed by atoms with van der Waals surface area (Å²) in [7, 11) is 0. The Hall–Kier alpha value is -2.05. The molecule has 0 aliphatic rings. The first-order chi connectivity index (χ1) is 10.8. The van der Waals surface area contributed by atoms with Crippen LogP contribution in [0.3, 0.4) is 0 Å². The van der Waals surface area contributed by atoms with Gasteiger partial charge in [0.1, 0.15) is 11.4 Å². The zero-order valence-electron chi connectivity index (χ0n) is 14.4. The van der Waals surface area contributed by atoms with Gasteiger partial charge in [-0.1, -0.05) is 27.7 Å². The van der Waals surface area contributed by atoms with Crippen molar-refractivity contribution in [2.75, 3.05) is 0 Å². The van der Waals surface area contributed by atoms with E-state index in [4.69, 9.17) is 11.1 Å². The maximum absolute atomic E-state index is 12.7. The van der Waals surface area contributed by atoms with E-state index in [1.807, 2.05) is 13.8 Å². The quantitative estimate of drug-likeness (QED) is 0.499. The van der Waals surface area contributed by atoms with E-state index in [0.717, 1.165) is 15.6 Å². The number of hydrogen-bond donors (Lipinski definition) is 3. The molecule has 1 atom stereocenters. The van der Waals surface area contributed by atoms with E-state index in [1.165, 1.54) is 0 Å². The SMILES string of the molecule is CCCn1c(O)c(C(=N)N)c(=O)n(C(CC)CCC(C)C)c1=O. The van der Waals surface area contributed by atoms with E-state index in [-0.39, 0.29) is 18.2 Å². The van der Waals surface area contributed by atoms with Gasteiger partial charge in [-0.3, -0.25) is 19.3 Å². The van der Waals surface area contributed by atoms with Crippen LogP contribution in [0.25, 0.3) is 0 Å². The molecule has 1 heterocycles. The molecule has 0 saturated heterocycles. The van der Waals surface area contributed by atoms with E-state index in [9.17, 15) is 14.7 Å². The molecule has 1 aromatic heterocycles. The van der Waals surface area contributed by atoms with Crippen molar-refractivity contribution in [3.05, 3.63) is 26.4 Å². The van der Waals surface area contributed by atoms with Crippen LogP contribution in [0.15, 0.2) is 9.59 Å². The summed E-state index contributed by atoms with van der Waals surface area (Å²) in [6.45, 7) is 8.23. The van der Waals surface area contributed by atoms with Crippen LogP contribution >= 0.6 is 0 Å². The van der Waals surface area contributed by atoms with Gasteiger partial charge in [0.2, 0.25) is 5.88 Å². The highest BCUT2D eigenvalue weighted by Crippen LogP contribution is 2.20. The molecular weight excluding hydrogens is 296 g/mol. The summed E-state index contributed by atoms with van der Waals surface area (Å²) < 4.78 is 2.30. The Morgan fingerprint density at radius 2 is 1.87 bits per heavy atom. The lowest BCUT2D eigenvalue weighted by atomic mass is 10.0. The predicted molar refractivity (Wildman–Crippen MR) is 91.3 cm³/mol. The molecule has 1 unspecified atom stereocenters. The van der Waals surface area contributed by atoms with Crippen LogP contribution in [0.4, 0.5) is 0 Å². The average molecular weight is 324 g/mol. The van der Waals surface area contributed by atoms with Crippen LogP contribution in [0.1, 0.15) is 65.0 Å². The lowest BCUT2D eigenvalue weighted by molar-refractivity contribution is 0.344. The first-order valence-electron chi connectivity index (χ1n) is 8.18. The highest BCUT2D eigenvalue weighted by molar-refractivity contribution is 5.96. The number of amidine groups is 1. The van der Waals surface area contributed by atoms with Gasteiger partial charge in [0.15, 0.2) is 0 Å². The van der Waals surface area contributed by atoms with Gasteiger partial charge < -0.3 is 10.8 Å². The summed E-state index contributed by atoms with van der Waals surface area (Å²) in [4.78, 5) is 25.3. The number of rotatable bonds is 8. The van der Waals surface area contributed by atoms with Gasteiger partial charge in [0.05, 0.1) is 0 Å². The van der Waals surface area contributed by atoms with E-state index in [0.29, 0.717) is 25.2 Å². The van der Waals surface area contributed by atoms with E-state index >= 15 is 0 Å². The van der Waals surface area contributed by atoms with Crippen LogP contribution in [0, 0.1) is 11.3 Å². The number of aromatic hydroxyl groups is 1. The zero-order chi connectivity index (χ0) is 17.7. The van der Waals surface area contributed by atoms with Crippen LogP contribution in [-0.4, -0.2) is 20.1 Å². The molecule has 0 radical (unpaired) electrons. The fourth-order valence-corrected chi connectivity index (χ4v) is 2.68. The van der Waals surface area contributed by atoms with Gasteiger partial charge in [-0.05, 0) is 31.6 Å². The first kappa shape index (κ1) is 19.0. The molecule has 130 valence electrons. The molecule has 1 aromatic rings. The molecule has 1 rings (SSSR count). The van der Waals surface area contributed by atoms with E-state index in [1.54, 1.807) is 0 Å². The van der Waals surface area contributed by atoms with Crippen molar-refractivity contribution in [2.45, 2.75) is 66.0 Å². The molecule has 0 aromatic carbocycles. The summed E-state index contributed by atoms with van der Waals surface area (Å²) in [6.07, 6.45) is 2.81. The number of aromatic nitrogens is 2. The smallest absolute Gasteiger partial charge is 0.334 e. The number of nitrogen functional groups attached to an aromatic ring is 1. The molecule has 0 saturated carbocycles. The van der Waals surface area contributed by atoms with Crippen LogP contribution in [0.2, 0.25) is 0 Å². The maximum atomic E-state index is 12.7. The van der Waals surface area contributed by atoms with Crippen molar-refractivity contribution in [3.8, 4) is 5.88 Å². The second kappa shape index (κ2) is 7.99. The van der Waals surface area contributed by atoms with E-state index in [2.05, 4.69) is 13.8 Å². The number of nitrogens with two attached hydrogens (primary N) is 1. The Labute approximate surface area is 136 Å². The molecule has 0 fully saturated rings. The van der Waals surface area contributed by atoms with Gasteiger partial charge in [0.25, 0.3) is 5.56 Å². The molecule has 0 bridgehead atoms. The summed E-state index contributed by atoms with van der Waals surface area (Å²) in [6, 6.07) is -0.265. The predicted octanol–water partition coefficient (Wildman–Crippen LogP) is 1.80. The summed E-state index contributed by atoms with van der Waals surface area (Å²) >= 11 is 0. The fourth-order valence-electron chi connectivity index (χ4n) is 2.68. The second-order valence-electron chi connectivity index (χ2n) is 6.25. The van der Waals surface area contributed by atoms with E-state index < -0.39 is 23.0 Å². The molecule has 0 aliphatic carbocycles. The summed E-state index contributed by atoms with van der Waals surface area (Å²) in [5.41, 5.74) is 3.96. The zero-order valence-corrected chi connectivity index (χ0v) is 14.4. The monoisotopic (exact) mass is 324 g/mol. The van der Waals surface area contributed by atoms with Crippen molar-refractivity contribution in [1.29, 1.82) is 5.41 Å². The topological polar surface area (TPSA) is 114 Å². The van der Waals surface area contributed by atoms with Crippen molar-refractivity contribution in [2.24, 2.45) is 11.7 Å². The number of nitrogens with one attached hydrogen (secondary N) is 1. The Bertz CT molecular complexity index is 673. The summed E-state index contributed by atoms with van der Waals surface area (Å²) in [5.74, 6) is -0.573. The lowest BCUT2D eigenvalue weighted by Gasteiger charge is -2.21. The van der Waals surface area contributed by atoms with Crippen LogP contribution in [-0.2, 0) is 6.54 Å². The fraction of sp³-hybridized carbons (Fsp3) is 0.688. The van der Waals surface area contributed by atoms with Gasteiger partial charge in [0, 0.05) is 12.6 Å². The lowest BCUT2D eigenvalue weighted by Crippen LogP contribution is -2.45. The van der Waals surface area contributed by atoms with Gasteiger partial charge in [-0.15, -0.1) is 0 Å². The standard InChI is InChI=1S/C16H28N4O3/c1-5-9-19-14(21)12(13(17)18)15(22)20(16(19)23)11(6-2)8-7-10(3)4/h10-11,21H,5-9H2,1-4H3,(H3,17,18). The molecule has 7 nitrogen and oxygen atoms in total. The second-order valence-corrected chi connectivity index (χ2v) is 6.25. The molecule has 0 amide bonds. The normalized spacial score (nSPS) is 12.6. The largest absolute Gasteiger partial charge is 0.494 e. The van der Waals surface area contributed by atoms with Crippen LogP contribution in [0.5, 0.6) is 5.88 Å². The molecule has 7 heteroatoms. The molecule has 0 spiro atoms. The highest BCUT2D eigenvalue weighted by atomic mass is 16.3.